The quantitative estimate of drug-likeness (QED) is 0.306. The number of hydrogen-bond acceptors (Lipinski definition) is 6. The molecule has 1 amide bonds. The van der Waals surface area contributed by atoms with Crippen molar-refractivity contribution in [2.45, 2.75) is 188 Å². The molecule has 6 rings (SSSR count). The second-order valence-corrected chi connectivity index (χ2v) is 20.1. The molecule has 0 radical (unpaired) electrons. The Bertz CT molecular complexity index is 1240. The second kappa shape index (κ2) is 11.3. The van der Waals surface area contributed by atoms with Crippen molar-refractivity contribution in [3.63, 3.8) is 0 Å². The van der Waals surface area contributed by atoms with Crippen LogP contribution in [-0.2, 0) is 19.0 Å². The highest BCUT2D eigenvalue weighted by Crippen LogP contribution is 2.76. The molecular weight excluding hydrogens is 590 g/mol. The number of hydrogen-bond donors (Lipinski definition) is 1. The molecule has 7 nitrogen and oxygen atoms in total. The molecule has 6 aliphatic rings. The van der Waals surface area contributed by atoms with Crippen molar-refractivity contribution in [2.75, 3.05) is 6.54 Å². The van der Waals surface area contributed by atoms with E-state index in [9.17, 15) is 14.7 Å². The Hall–Kier alpha value is -1.34. The van der Waals surface area contributed by atoms with Gasteiger partial charge in [0, 0.05) is 12.0 Å². The van der Waals surface area contributed by atoms with Crippen LogP contribution >= 0.6 is 0 Å². The van der Waals surface area contributed by atoms with E-state index in [2.05, 4.69) is 55.4 Å². The lowest BCUT2D eigenvalue weighted by Crippen LogP contribution is -2.67. The largest absolute Gasteiger partial charge is 0.460 e. The Kier molecular flexibility index (Phi) is 8.56. The van der Waals surface area contributed by atoms with E-state index in [4.69, 9.17) is 14.2 Å². The van der Waals surface area contributed by atoms with Gasteiger partial charge in [-0.05, 0) is 159 Å². The van der Waals surface area contributed by atoms with Crippen molar-refractivity contribution in [3.05, 3.63) is 0 Å². The standard InChI is InChI=1S/C40H67NO6/c1-34(2,3)46-33(44)41-23-12-14-26(41)32(43)45-30-17-20-37(8)28(36(30,6)7)16-22-38(9)29(37)24-27(42)31-25(15-21-39(31,38)10)40(11)19-13-18-35(4,5)47-40/h25-31,42H,12-24H2,1-11H3/t25-,26-,27+,28-,29+,30-,31-,37-,38+,39+,40+/m0/s1. The Balaban J connectivity index is 1.21. The van der Waals surface area contributed by atoms with Gasteiger partial charge in [0.25, 0.3) is 0 Å². The lowest BCUT2D eigenvalue weighted by Gasteiger charge is -2.70. The number of aliphatic hydroxyl groups is 1. The smallest absolute Gasteiger partial charge is 0.411 e. The van der Waals surface area contributed by atoms with Crippen molar-refractivity contribution in [1.82, 2.24) is 4.90 Å². The molecule has 4 aliphatic carbocycles. The fourth-order valence-corrected chi connectivity index (χ4v) is 13.3. The summed E-state index contributed by atoms with van der Waals surface area (Å²) in [5, 5.41) is 12.2. The van der Waals surface area contributed by atoms with E-state index < -0.39 is 17.7 Å². The molecule has 6 fully saturated rings. The van der Waals surface area contributed by atoms with Gasteiger partial charge in [-0.3, -0.25) is 4.90 Å². The Morgan fingerprint density at radius 3 is 2.15 bits per heavy atom. The summed E-state index contributed by atoms with van der Waals surface area (Å²) in [5.74, 6) is 1.15. The summed E-state index contributed by atoms with van der Waals surface area (Å²) in [6.45, 7) is 25.2. The zero-order valence-electron chi connectivity index (χ0n) is 31.7. The average Bonchev–Trinajstić information content (AvgIpc) is 3.57. The van der Waals surface area contributed by atoms with Crippen molar-refractivity contribution in [2.24, 2.45) is 45.3 Å². The highest BCUT2D eigenvalue weighted by atomic mass is 16.6. The first-order valence-corrected chi connectivity index (χ1v) is 19.2. The number of ether oxygens (including phenoxy) is 3. The molecule has 47 heavy (non-hydrogen) atoms. The van der Waals surface area contributed by atoms with E-state index in [0.29, 0.717) is 30.7 Å². The Labute approximate surface area is 285 Å². The molecule has 0 aromatic rings. The van der Waals surface area contributed by atoms with Crippen LogP contribution in [0.5, 0.6) is 0 Å². The highest BCUT2D eigenvalue weighted by molar-refractivity contribution is 5.82. The van der Waals surface area contributed by atoms with Gasteiger partial charge in [0.15, 0.2) is 0 Å². The number of fused-ring (bicyclic) bond motifs is 5. The number of carbonyl (C=O) groups is 2. The summed E-state index contributed by atoms with van der Waals surface area (Å²) in [7, 11) is 0. The summed E-state index contributed by atoms with van der Waals surface area (Å²) in [5.41, 5.74) is -0.870. The summed E-state index contributed by atoms with van der Waals surface area (Å²) < 4.78 is 19.0. The summed E-state index contributed by atoms with van der Waals surface area (Å²) >= 11 is 0. The maximum Gasteiger partial charge on any atom is 0.411 e. The van der Waals surface area contributed by atoms with E-state index >= 15 is 0 Å². The predicted octanol–water partition coefficient (Wildman–Crippen LogP) is 8.69. The minimum absolute atomic E-state index is 0.0512. The normalized spacial score (nSPS) is 47.4. The number of rotatable bonds is 3. The van der Waals surface area contributed by atoms with Crippen LogP contribution in [-0.4, -0.2) is 63.7 Å². The molecule has 11 atom stereocenters. The van der Waals surface area contributed by atoms with Crippen LogP contribution in [0.2, 0.25) is 0 Å². The van der Waals surface area contributed by atoms with E-state index in [0.717, 1.165) is 64.2 Å². The van der Waals surface area contributed by atoms with Crippen LogP contribution < -0.4 is 0 Å². The van der Waals surface area contributed by atoms with Crippen LogP contribution in [0, 0.1) is 45.3 Å². The van der Waals surface area contributed by atoms with E-state index in [1.165, 1.54) is 6.42 Å². The zero-order valence-corrected chi connectivity index (χ0v) is 31.7. The zero-order chi connectivity index (χ0) is 34.6. The van der Waals surface area contributed by atoms with Gasteiger partial charge in [-0.25, -0.2) is 9.59 Å². The third-order valence-electron chi connectivity index (χ3n) is 15.5. The van der Waals surface area contributed by atoms with Crippen molar-refractivity contribution in [3.8, 4) is 0 Å². The van der Waals surface area contributed by atoms with Crippen LogP contribution in [0.1, 0.15) is 153 Å². The van der Waals surface area contributed by atoms with Gasteiger partial charge in [0.2, 0.25) is 0 Å². The predicted molar refractivity (Wildman–Crippen MR) is 184 cm³/mol. The first-order valence-electron chi connectivity index (χ1n) is 19.2. The molecule has 0 spiro atoms. The molecule has 0 bridgehead atoms. The molecule has 4 saturated carbocycles. The number of likely N-dealkylation sites (tertiary alicyclic amines) is 1. The number of esters is 1. The highest BCUT2D eigenvalue weighted by Gasteiger charge is 2.72. The summed E-state index contributed by atoms with van der Waals surface area (Å²) in [6.07, 6.45) is 11.0. The van der Waals surface area contributed by atoms with E-state index in [1.54, 1.807) is 4.90 Å². The Morgan fingerprint density at radius 2 is 1.49 bits per heavy atom. The molecule has 2 saturated heterocycles. The molecule has 7 heteroatoms. The van der Waals surface area contributed by atoms with Crippen LogP contribution in [0.3, 0.4) is 0 Å². The van der Waals surface area contributed by atoms with Crippen LogP contribution in [0.15, 0.2) is 0 Å². The topological polar surface area (TPSA) is 85.3 Å². The maximum absolute atomic E-state index is 13.7. The number of carbonyl (C=O) groups excluding carboxylic acids is 2. The number of amides is 1. The van der Waals surface area contributed by atoms with Gasteiger partial charge in [-0.1, -0.05) is 34.6 Å². The van der Waals surface area contributed by atoms with E-state index in [1.807, 2.05) is 20.8 Å². The van der Waals surface area contributed by atoms with Crippen LogP contribution in [0.4, 0.5) is 4.79 Å². The van der Waals surface area contributed by atoms with Gasteiger partial charge in [-0.15, -0.1) is 0 Å². The lowest BCUT2D eigenvalue weighted by atomic mass is 9.35. The Morgan fingerprint density at radius 1 is 0.809 bits per heavy atom. The van der Waals surface area contributed by atoms with Gasteiger partial charge in [-0.2, -0.15) is 0 Å². The first kappa shape index (κ1) is 35.5. The third-order valence-corrected chi connectivity index (χ3v) is 15.5. The number of nitrogens with zero attached hydrogens (tertiary/aromatic N) is 1. The SMILES string of the molecule is CC(C)(C)OC(=O)N1CCC[C@H]1C(=O)O[C@H]1CC[C@]2(C)[C@H]3C[C@@H](O)[C@@H]4[C@@H]([C@@]5(C)CCCC(C)(C)O5)CC[C@@]4(C)[C@]3(C)CC[C@H]2C1(C)C. The molecule has 2 aliphatic heterocycles. The van der Waals surface area contributed by atoms with Gasteiger partial charge >= 0.3 is 12.1 Å². The van der Waals surface area contributed by atoms with Crippen molar-refractivity contribution >= 4 is 12.1 Å². The summed E-state index contributed by atoms with van der Waals surface area (Å²) in [6, 6.07) is -0.579. The molecule has 0 unspecified atom stereocenters. The molecule has 2 heterocycles. The molecule has 268 valence electrons. The number of aliphatic hydroxyl groups excluding tert-OH is 1. The summed E-state index contributed by atoms with van der Waals surface area (Å²) in [4.78, 5) is 28.2. The van der Waals surface area contributed by atoms with Crippen molar-refractivity contribution in [1.29, 1.82) is 0 Å². The first-order chi connectivity index (χ1) is 21.6. The van der Waals surface area contributed by atoms with Gasteiger partial charge in [0.1, 0.15) is 17.7 Å². The van der Waals surface area contributed by atoms with Gasteiger partial charge < -0.3 is 19.3 Å². The minimum atomic E-state index is -0.610. The second-order valence-electron chi connectivity index (χ2n) is 20.1. The lowest BCUT2D eigenvalue weighted by molar-refractivity contribution is -0.259. The monoisotopic (exact) mass is 657 g/mol. The fourth-order valence-electron chi connectivity index (χ4n) is 13.3. The molecular formula is C40H67NO6. The fraction of sp³-hybridized carbons (Fsp3) is 0.950. The maximum atomic E-state index is 13.7. The molecule has 1 N–H and O–H groups in total. The molecule has 0 aromatic heterocycles. The molecule has 0 aromatic carbocycles. The third kappa shape index (κ3) is 5.58. The van der Waals surface area contributed by atoms with Gasteiger partial charge in [0.05, 0.1) is 17.3 Å². The van der Waals surface area contributed by atoms with E-state index in [-0.39, 0.29) is 57.0 Å². The van der Waals surface area contributed by atoms with Crippen molar-refractivity contribution < 1.29 is 28.9 Å². The minimum Gasteiger partial charge on any atom is -0.460 e. The van der Waals surface area contributed by atoms with Crippen LogP contribution in [0.25, 0.3) is 0 Å². The average molecular weight is 658 g/mol.